The van der Waals surface area contributed by atoms with Crippen LogP contribution in [0.15, 0.2) is 18.2 Å². The Hall–Kier alpha value is -2.90. The van der Waals surface area contributed by atoms with Crippen molar-refractivity contribution in [2.24, 2.45) is 5.92 Å². The van der Waals surface area contributed by atoms with Crippen LogP contribution in [0, 0.1) is 19.8 Å². The Morgan fingerprint density at radius 2 is 2.03 bits per heavy atom. The highest BCUT2D eigenvalue weighted by molar-refractivity contribution is 6.09. The van der Waals surface area contributed by atoms with Crippen molar-refractivity contribution in [2.75, 3.05) is 18.5 Å². The molecule has 1 heterocycles. The highest BCUT2D eigenvalue weighted by Crippen LogP contribution is 2.38. The third-order valence-corrected chi connectivity index (χ3v) is 5.82. The summed E-state index contributed by atoms with van der Waals surface area (Å²) in [5, 5.41) is 5.48. The van der Waals surface area contributed by atoms with Crippen molar-refractivity contribution in [3.63, 3.8) is 0 Å². The molecule has 2 aliphatic rings. The fourth-order valence-electron chi connectivity index (χ4n) is 4.02. The number of urea groups is 1. The maximum Gasteiger partial charge on any atom is 0.326 e. The quantitative estimate of drug-likeness (QED) is 0.582. The maximum atomic E-state index is 12.8. The summed E-state index contributed by atoms with van der Waals surface area (Å²) in [5.74, 6) is -1.66. The molecule has 0 bridgehead atoms. The minimum Gasteiger partial charge on any atom is -0.454 e. The number of ether oxygens (including phenoxy) is 1. The summed E-state index contributed by atoms with van der Waals surface area (Å²) in [6.45, 7) is 4.72. The zero-order chi connectivity index (χ0) is 21.2. The number of nitrogens with one attached hydrogen (secondary N) is 2. The number of carbonyl (C=O) groups is 4. The van der Waals surface area contributed by atoms with Crippen LogP contribution in [0.2, 0.25) is 0 Å². The Kier molecular flexibility index (Phi) is 5.91. The third-order valence-electron chi connectivity index (χ3n) is 5.82. The number of carbonyl (C=O) groups excluding carboxylic acids is 4. The lowest BCUT2D eigenvalue weighted by Gasteiger charge is -2.36. The Morgan fingerprint density at radius 1 is 1.28 bits per heavy atom. The van der Waals surface area contributed by atoms with Gasteiger partial charge in [-0.3, -0.25) is 19.3 Å². The van der Waals surface area contributed by atoms with Gasteiger partial charge in [0.2, 0.25) is 0 Å². The first-order valence-electron chi connectivity index (χ1n) is 9.90. The lowest BCUT2D eigenvalue weighted by Crippen LogP contribution is -2.54. The van der Waals surface area contributed by atoms with Gasteiger partial charge in [-0.05, 0) is 49.8 Å². The second kappa shape index (κ2) is 8.23. The average Bonchev–Trinajstić information content (AvgIpc) is 2.90. The van der Waals surface area contributed by atoms with Gasteiger partial charge in [0.1, 0.15) is 12.1 Å². The summed E-state index contributed by atoms with van der Waals surface area (Å²) >= 11 is 0. The zero-order valence-electron chi connectivity index (χ0n) is 17.0. The minimum absolute atomic E-state index is 0.0112. The maximum absolute atomic E-state index is 12.8. The van der Waals surface area contributed by atoms with E-state index in [2.05, 4.69) is 10.6 Å². The van der Waals surface area contributed by atoms with E-state index in [-0.39, 0.29) is 11.8 Å². The van der Waals surface area contributed by atoms with Gasteiger partial charge in [0.15, 0.2) is 6.61 Å². The number of amides is 4. The largest absolute Gasteiger partial charge is 0.454 e. The van der Waals surface area contributed by atoms with E-state index in [0.29, 0.717) is 12.1 Å². The van der Waals surface area contributed by atoms with Crippen molar-refractivity contribution >= 4 is 29.5 Å². The SMILES string of the molecule is Cc1ccc(C)c(NC(=O)COC(=O)CN2C(=O)N[C@]3(CCCC[C@@H]3C)C2=O)c1. The molecule has 3 rings (SSSR count). The number of benzene rings is 1. The van der Waals surface area contributed by atoms with E-state index < -0.39 is 36.6 Å². The fraction of sp³-hybridized carbons (Fsp3) is 0.524. The summed E-state index contributed by atoms with van der Waals surface area (Å²) in [4.78, 5) is 50.3. The van der Waals surface area contributed by atoms with Crippen LogP contribution in [0.5, 0.6) is 0 Å². The van der Waals surface area contributed by atoms with Gasteiger partial charge >= 0.3 is 12.0 Å². The summed E-state index contributed by atoms with van der Waals surface area (Å²) in [6, 6.07) is 5.06. The molecular weight excluding hydrogens is 374 g/mol. The lowest BCUT2D eigenvalue weighted by molar-refractivity contribution is -0.150. The van der Waals surface area contributed by atoms with Crippen molar-refractivity contribution < 1.29 is 23.9 Å². The standard InChI is InChI=1S/C21H27N3O5/c1-13-7-8-14(2)16(10-13)22-17(25)12-29-18(26)11-24-19(27)21(23-20(24)28)9-5-4-6-15(21)3/h7-8,10,15H,4-6,9,11-12H2,1-3H3,(H,22,25)(H,23,28)/t15-,21-/m0/s1. The van der Waals surface area contributed by atoms with E-state index >= 15 is 0 Å². The van der Waals surface area contributed by atoms with Gasteiger partial charge in [0.05, 0.1) is 0 Å². The number of hydrogen-bond donors (Lipinski definition) is 2. The highest BCUT2D eigenvalue weighted by atomic mass is 16.5. The van der Waals surface area contributed by atoms with Crippen LogP contribution in [0.1, 0.15) is 43.7 Å². The molecule has 0 aromatic heterocycles. The number of anilines is 1. The van der Waals surface area contributed by atoms with E-state index in [1.54, 1.807) is 0 Å². The van der Waals surface area contributed by atoms with E-state index in [4.69, 9.17) is 4.74 Å². The predicted molar refractivity (Wildman–Crippen MR) is 106 cm³/mol. The molecule has 2 N–H and O–H groups in total. The van der Waals surface area contributed by atoms with Gasteiger partial charge < -0.3 is 15.4 Å². The molecule has 1 aliphatic heterocycles. The molecule has 1 aliphatic carbocycles. The first-order valence-corrected chi connectivity index (χ1v) is 9.90. The molecule has 8 heteroatoms. The Bertz CT molecular complexity index is 853. The molecule has 8 nitrogen and oxygen atoms in total. The molecule has 0 radical (unpaired) electrons. The molecule has 1 saturated carbocycles. The molecule has 1 aromatic carbocycles. The normalized spacial score (nSPS) is 23.8. The van der Waals surface area contributed by atoms with Crippen LogP contribution in [0.3, 0.4) is 0 Å². The molecule has 156 valence electrons. The van der Waals surface area contributed by atoms with Gasteiger partial charge in [-0.25, -0.2) is 4.79 Å². The van der Waals surface area contributed by atoms with Crippen LogP contribution in [-0.4, -0.2) is 47.4 Å². The first kappa shape index (κ1) is 20.8. The van der Waals surface area contributed by atoms with Crippen LogP contribution in [-0.2, 0) is 19.1 Å². The van der Waals surface area contributed by atoms with Crippen LogP contribution in [0.4, 0.5) is 10.5 Å². The Morgan fingerprint density at radius 3 is 2.76 bits per heavy atom. The van der Waals surface area contributed by atoms with Crippen LogP contribution in [0.25, 0.3) is 0 Å². The van der Waals surface area contributed by atoms with E-state index in [0.717, 1.165) is 35.3 Å². The highest BCUT2D eigenvalue weighted by Gasteiger charge is 2.55. The second-order valence-corrected chi connectivity index (χ2v) is 7.97. The monoisotopic (exact) mass is 401 g/mol. The number of nitrogens with zero attached hydrogens (tertiary/aromatic N) is 1. The second-order valence-electron chi connectivity index (χ2n) is 7.97. The smallest absolute Gasteiger partial charge is 0.326 e. The summed E-state index contributed by atoms with van der Waals surface area (Å²) in [7, 11) is 0. The number of imide groups is 1. The molecule has 1 aromatic rings. The number of rotatable bonds is 5. The van der Waals surface area contributed by atoms with Crippen molar-refractivity contribution in [1.29, 1.82) is 0 Å². The van der Waals surface area contributed by atoms with E-state index in [9.17, 15) is 19.2 Å². The number of esters is 1. The molecule has 1 saturated heterocycles. The third kappa shape index (κ3) is 4.26. The number of aryl methyl sites for hydroxylation is 2. The van der Waals surface area contributed by atoms with E-state index in [1.165, 1.54) is 0 Å². The summed E-state index contributed by atoms with van der Waals surface area (Å²) < 4.78 is 4.98. The molecule has 2 atom stereocenters. The van der Waals surface area contributed by atoms with Gasteiger partial charge in [-0.2, -0.15) is 0 Å². The van der Waals surface area contributed by atoms with E-state index in [1.807, 2.05) is 39.0 Å². The average molecular weight is 401 g/mol. The molecular formula is C21H27N3O5. The van der Waals surface area contributed by atoms with Crippen molar-refractivity contribution in [2.45, 2.75) is 52.0 Å². The lowest BCUT2D eigenvalue weighted by atomic mass is 9.73. The molecule has 0 unspecified atom stereocenters. The van der Waals surface area contributed by atoms with Crippen molar-refractivity contribution in [3.05, 3.63) is 29.3 Å². The summed E-state index contributed by atoms with van der Waals surface area (Å²) in [6.07, 6.45) is 3.29. The Labute approximate surface area is 170 Å². The van der Waals surface area contributed by atoms with Crippen molar-refractivity contribution in [3.8, 4) is 0 Å². The first-order chi connectivity index (χ1) is 13.7. The fourth-order valence-corrected chi connectivity index (χ4v) is 4.02. The predicted octanol–water partition coefficient (Wildman–Crippen LogP) is 2.29. The van der Waals surface area contributed by atoms with Gasteiger partial charge in [-0.1, -0.05) is 31.9 Å². The molecule has 1 spiro atoms. The molecule has 2 fully saturated rings. The number of hydrogen-bond acceptors (Lipinski definition) is 5. The van der Waals surface area contributed by atoms with Crippen LogP contribution >= 0.6 is 0 Å². The topological polar surface area (TPSA) is 105 Å². The van der Waals surface area contributed by atoms with Gasteiger partial charge in [0.25, 0.3) is 11.8 Å². The summed E-state index contributed by atoms with van der Waals surface area (Å²) in [5.41, 5.74) is 1.61. The van der Waals surface area contributed by atoms with Crippen molar-refractivity contribution in [1.82, 2.24) is 10.2 Å². The Balaban J connectivity index is 1.54. The van der Waals surface area contributed by atoms with Gasteiger partial charge in [-0.15, -0.1) is 0 Å². The molecule has 29 heavy (non-hydrogen) atoms. The minimum atomic E-state index is -0.921. The molecule has 4 amide bonds. The zero-order valence-corrected chi connectivity index (χ0v) is 17.0. The van der Waals surface area contributed by atoms with Crippen LogP contribution < -0.4 is 10.6 Å². The van der Waals surface area contributed by atoms with Gasteiger partial charge in [0, 0.05) is 5.69 Å².